The van der Waals surface area contributed by atoms with E-state index in [1.807, 2.05) is 43.7 Å². The average Bonchev–Trinajstić information content (AvgIpc) is 2.64. The van der Waals surface area contributed by atoms with Gasteiger partial charge in [0, 0.05) is 28.3 Å². The molecule has 0 unspecified atom stereocenters. The Morgan fingerprint density at radius 1 is 1.40 bits per heavy atom. The Balaban J connectivity index is 0.000000531. The van der Waals surface area contributed by atoms with E-state index in [-0.39, 0.29) is 0 Å². The summed E-state index contributed by atoms with van der Waals surface area (Å²) < 4.78 is 2.81. The number of nitrogens with zero attached hydrogens (tertiary/aromatic N) is 2. The van der Waals surface area contributed by atoms with Crippen LogP contribution in [0, 0.1) is 12.0 Å². The quantitative estimate of drug-likeness (QED) is 0.665. The van der Waals surface area contributed by atoms with Gasteiger partial charge in [0.15, 0.2) is 5.65 Å². The number of hydrogen-bond acceptors (Lipinski definition) is 1. The molecule has 0 fully saturated rings. The lowest BCUT2D eigenvalue weighted by atomic mass is 10.3. The Morgan fingerprint density at radius 2 is 2.13 bits per heavy atom. The third kappa shape index (κ3) is 2.60. The lowest BCUT2D eigenvalue weighted by molar-refractivity contribution is 1.15. The number of rotatable bonds is 0. The highest BCUT2D eigenvalue weighted by molar-refractivity contribution is 9.10. The largest absolute Gasteiger partial charge is 0.260 e. The lowest BCUT2D eigenvalue weighted by Crippen LogP contribution is -1.87. The van der Waals surface area contributed by atoms with Crippen molar-refractivity contribution in [2.75, 3.05) is 0 Å². The van der Waals surface area contributed by atoms with E-state index in [1.54, 1.807) is 6.20 Å². The lowest BCUT2D eigenvalue weighted by Gasteiger charge is -1.93. The smallest absolute Gasteiger partial charge is 0.151 e. The van der Waals surface area contributed by atoms with Gasteiger partial charge >= 0.3 is 0 Å². The fourth-order valence-corrected chi connectivity index (χ4v) is 1.56. The number of halogens is 1. The van der Waals surface area contributed by atoms with Crippen LogP contribution in [0.4, 0.5) is 0 Å². The molecule has 15 heavy (non-hydrogen) atoms. The molecule has 0 amide bonds. The molecule has 2 rings (SSSR count). The minimum Gasteiger partial charge on any atom is -0.260 e. The van der Waals surface area contributed by atoms with Gasteiger partial charge in [-0.3, -0.25) is 4.57 Å². The maximum Gasteiger partial charge on any atom is 0.151 e. The molecule has 0 aliphatic heterocycles. The highest BCUT2D eigenvalue weighted by Gasteiger charge is 1.99. The third-order valence-corrected chi connectivity index (χ3v) is 2.16. The normalized spacial score (nSPS) is 8.80. The molecule has 2 heterocycles. The summed E-state index contributed by atoms with van der Waals surface area (Å²) in [7, 11) is 0. The molecule has 0 spiro atoms. The molecule has 2 nitrogen and oxygen atoms in total. The third-order valence-electron chi connectivity index (χ3n) is 1.73. The van der Waals surface area contributed by atoms with Gasteiger partial charge in [0.2, 0.25) is 0 Å². The van der Waals surface area contributed by atoms with Crippen molar-refractivity contribution in [3.63, 3.8) is 0 Å². The van der Waals surface area contributed by atoms with Crippen molar-refractivity contribution in [3.8, 4) is 12.0 Å². The number of aromatic nitrogens is 2. The summed E-state index contributed by atoms with van der Waals surface area (Å²) in [5.41, 5.74) is 0.901. The second kappa shape index (κ2) is 5.57. The fourth-order valence-electron chi connectivity index (χ4n) is 1.21. The van der Waals surface area contributed by atoms with Crippen molar-refractivity contribution in [2.24, 2.45) is 0 Å². The van der Waals surface area contributed by atoms with Crippen molar-refractivity contribution in [2.45, 2.75) is 20.8 Å². The summed E-state index contributed by atoms with van der Waals surface area (Å²) in [6.45, 7) is 5.81. The van der Waals surface area contributed by atoms with Gasteiger partial charge in [-0.25, -0.2) is 4.98 Å². The molecular formula is C12H13BrN2. The molecule has 2 aromatic rings. The molecule has 0 saturated heterocycles. The van der Waals surface area contributed by atoms with E-state index in [2.05, 4.69) is 32.9 Å². The summed E-state index contributed by atoms with van der Waals surface area (Å²) in [5, 5.41) is 1.09. The van der Waals surface area contributed by atoms with Gasteiger partial charge in [0.05, 0.1) is 0 Å². The van der Waals surface area contributed by atoms with Crippen LogP contribution in [0.5, 0.6) is 0 Å². The zero-order valence-corrected chi connectivity index (χ0v) is 10.7. The minimum absolute atomic E-state index is 0.901. The van der Waals surface area contributed by atoms with E-state index in [1.165, 1.54) is 0 Å². The van der Waals surface area contributed by atoms with E-state index in [9.17, 15) is 0 Å². The minimum atomic E-state index is 0.901. The van der Waals surface area contributed by atoms with Crippen molar-refractivity contribution < 1.29 is 0 Å². The maximum absolute atomic E-state index is 4.27. The Morgan fingerprint density at radius 3 is 2.80 bits per heavy atom. The van der Waals surface area contributed by atoms with Crippen molar-refractivity contribution in [3.05, 3.63) is 29.0 Å². The first-order valence-corrected chi connectivity index (χ1v) is 5.66. The summed E-state index contributed by atoms with van der Waals surface area (Å²) >= 11 is 3.37. The Kier molecular flexibility index (Phi) is 4.38. The number of hydrogen-bond donors (Lipinski definition) is 0. The first-order chi connectivity index (χ1) is 7.31. The predicted molar refractivity (Wildman–Crippen MR) is 67.6 cm³/mol. The first kappa shape index (κ1) is 11.8. The van der Waals surface area contributed by atoms with E-state index >= 15 is 0 Å². The van der Waals surface area contributed by atoms with Gasteiger partial charge in [0.25, 0.3) is 0 Å². The van der Waals surface area contributed by atoms with Gasteiger partial charge in [-0.05, 0) is 35.0 Å². The summed E-state index contributed by atoms with van der Waals surface area (Å²) in [4.78, 5) is 4.27. The van der Waals surface area contributed by atoms with Gasteiger partial charge in [-0.2, -0.15) is 0 Å². The van der Waals surface area contributed by atoms with Crippen LogP contribution in [-0.4, -0.2) is 9.55 Å². The van der Waals surface area contributed by atoms with Gasteiger partial charge in [0.1, 0.15) is 0 Å². The highest BCUT2D eigenvalue weighted by Crippen LogP contribution is 2.17. The predicted octanol–water partition coefficient (Wildman–Crippen LogP) is 3.65. The molecule has 2 aromatic heterocycles. The summed E-state index contributed by atoms with van der Waals surface area (Å²) in [5.74, 6) is 2.84. The van der Waals surface area contributed by atoms with Crippen LogP contribution in [0.15, 0.2) is 29.0 Å². The monoisotopic (exact) mass is 264 g/mol. The second-order valence-corrected chi connectivity index (χ2v) is 3.53. The van der Waals surface area contributed by atoms with Crippen LogP contribution in [0.3, 0.4) is 0 Å². The molecular weight excluding hydrogens is 252 g/mol. The van der Waals surface area contributed by atoms with Crippen LogP contribution < -0.4 is 0 Å². The molecule has 0 radical (unpaired) electrons. The van der Waals surface area contributed by atoms with E-state index < -0.39 is 0 Å². The molecule has 0 bridgehead atoms. The molecule has 0 aliphatic carbocycles. The van der Waals surface area contributed by atoms with Gasteiger partial charge in [-0.1, -0.05) is 19.8 Å². The Bertz CT molecular complexity index is 503. The molecule has 0 N–H and O–H groups in total. The van der Waals surface area contributed by atoms with Crippen molar-refractivity contribution in [1.29, 1.82) is 0 Å². The second-order valence-electron chi connectivity index (χ2n) is 2.61. The van der Waals surface area contributed by atoms with Crippen LogP contribution in [-0.2, 0) is 0 Å². The summed E-state index contributed by atoms with van der Waals surface area (Å²) in [6, 6.07) is 6.96. The van der Waals surface area contributed by atoms with Gasteiger partial charge < -0.3 is 0 Å². The van der Waals surface area contributed by atoms with Crippen LogP contribution >= 0.6 is 15.9 Å². The number of pyridine rings is 1. The zero-order chi connectivity index (χ0) is 11.3. The van der Waals surface area contributed by atoms with E-state index in [0.717, 1.165) is 15.5 Å². The molecule has 0 saturated carbocycles. The molecule has 78 valence electrons. The van der Waals surface area contributed by atoms with Crippen LogP contribution in [0.1, 0.15) is 20.8 Å². The molecule has 3 heteroatoms. The van der Waals surface area contributed by atoms with E-state index in [4.69, 9.17) is 0 Å². The Labute approximate surface area is 98.4 Å². The summed E-state index contributed by atoms with van der Waals surface area (Å²) in [6.07, 6.45) is 3.69. The van der Waals surface area contributed by atoms with Crippen LogP contribution in [0.25, 0.3) is 11.0 Å². The topological polar surface area (TPSA) is 17.8 Å². The first-order valence-electron chi connectivity index (χ1n) is 4.86. The SMILES string of the molecule is CC.CC#Cn1ccc2cc(Br)cnc21. The standard InChI is InChI=1S/C10H7BrN2.C2H6/c1-2-4-13-5-3-8-6-9(11)7-12-10(8)13;1-2/h3,5-7H,1H3;1-2H3. The van der Waals surface area contributed by atoms with Crippen molar-refractivity contribution in [1.82, 2.24) is 9.55 Å². The average molecular weight is 265 g/mol. The Hall–Kier alpha value is -1.27. The molecule has 0 aliphatic rings. The van der Waals surface area contributed by atoms with E-state index in [0.29, 0.717) is 0 Å². The zero-order valence-electron chi connectivity index (χ0n) is 9.08. The van der Waals surface area contributed by atoms with Gasteiger partial charge in [-0.15, -0.1) is 0 Å². The molecule has 0 aromatic carbocycles. The number of fused-ring (bicyclic) bond motifs is 1. The fraction of sp³-hybridized carbons (Fsp3) is 0.250. The highest BCUT2D eigenvalue weighted by atomic mass is 79.9. The van der Waals surface area contributed by atoms with Crippen LogP contribution in [0.2, 0.25) is 0 Å². The molecule has 0 atom stereocenters. The van der Waals surface area contributed by atoms with Crippen molar-refractivity contribution >= 4 is 27.0 Å². The maximum atomic E-state index is 4.27.